The number of benzene rings is 2. The van der Waals surface area contributed by atoms with Crippen molar-refractivity contribution < 1.29 is 28.4 Å². The largest absolute Gasteiger partial charge is 0.370 e. The lowest BCUT2D eigenvalue weighted by Crippen LogP contribution is -2.64. The molecule has 1 atom stereocenters. The fraction of sp³-hybridized carbons (Fsp3) is 0.455. The van der Waals surface area contributed by atoms with E-state index in [0.29, 0.717) is 36.0 Å². The van der Waals surface area contributed by atoms with Crippen molar-refractivity contribution in [2.45, 2.75) is 68.7 Å². The number of nitrogens with zero attached hydrogens (tertiary/aromatic N) is 10. The summed E-state index contributed by atoms with van der Waals surface area (Å²) in [5, 5.41) is 15.7. The topological polar surface area (TPSA) is 174 Å². The second-order valence-corrected chi connectivity index (χ2v) is 17.7. The number of aromatic nitrogens is 5. The van der Waals surface area contributed by atoms with Gasteiger partial charge in [0.05, 0.1) is 53.3 Å². The number of fused-ring (bicyclic) bond motifs is 3. The molecule has 0 saturated carbocycles. The van der Waals surface area contributed by atoms with Crippen molar-refractivity contribution in [2.75, 3.05) is 74.0 Å². The van der Waals surface area contributed by atoms with Crippen molar-refractivity contribution in [1.82, 2.24) is 44.4 Å². The van der Waals surface area contributed by atoms with E-state index in [4.69, 9.17) is 5.10 Å². The maximum atomic E-state index is 16.2. The number of piperidine rings is 3. The molecule has 5 amide bonds. The van der Waals surface area contributed by atoms with Gasteiger partial charge in [-0.25, -0.2) is 13.9 Å². The van der Waals surface area contributed by atoms with E-state index in [1.807, 2.05) is 15.6 Å². The van der Waals surface area contributed by atoms with Crippen LogP contribution in [0.15, 0.2) is 61.2 Å². The molecule has 2 aromatic carbocycles. The fourth-order valence-electron chi connectivity index (χ4n) is 10.3. The quantitative estimate of drug-likeness (QED) is 0.208. The van der Waals surface area contributed by atoms with E-state index >= 15 is 4.39 Å². The Bertz CT molecular complexity index is 2650. The van der Waals surface area contributed by atoms with E-state index in [-0.39, 0.29) is 55.6 Å². The minimum Gasteiger partial charge on any atom is -0.370 e. The summed E-state index contributed by atoms with van der Waals surface area (Å²) in [6.07, 6.45) is 12.2. The number of carbonyl (C=O) groups excluding carboxylic acids is 5. The zero-order valence-electron chi connectivity index (χ0n) is 34.2. The summed E-state index contributed by atoms with van der Waals surface area (Å²) in [7, 11) is 0. The molecular formula is C44H47FN12O5. The Morgan fingerprint density at radius 1 is 0.887 bits per heavy atom. The van der Waals surface area contributed by atoms with Gasteiger partial charge in [0.25, 0.3) is 17.7 Å². The lowest BCUT2D eigenvalue weighted by atomic mass is 9.92. The zero-order chi connectivity index (χ0) is 42.3. The van der Waals surface area contributed by atoms with Crippen molar-refractivity contribution in [2.24, 2.45) is 0 Å². The second kappa shape index (κ2) is 15.0. The van der Waals surface area contributed by atoms with Crippen LogP contribution in [0.3, 0.4) is 0 Å². The molecule has 1 unspecified atom stereocenters. The van der Waals surface area contributed by atoms with Crippen molar-refractivity contribution in [3.05, 3.63) is 77.9 Å². The number of nitrogens with one attached hydrogen (secondary N) is 2. The van der Waals surface area contributed by atoms with E-state index in [1.165, 1.54) is 19.5 Å². The van der Waals surface area contributed by atoms with Crippen LogP contribution in [-0.2, 0) is 9.59 Å². The van der Waals surface area contributed by atoms with E-state index in [9.17, 15) is 24.0 Å². The van der Waals surface area contributed by atoms with Gasteiger partial charge in [0.2, 0.25) is 11.8 Å². The maximum absolute atomic E-state index is 16.2. The van der Waals surface area contributed by atoms with Gasteiger partial charge in [-0.1, -0.05) is 0 Å². The van der Waals surface area contributed by atoms with Gasteiger partial charge in [-0.15, -0.1) is 0 Å². The summed E-state index contributed by atoms with van der Waals surface area (Å²) < 4.78 is 19.8. The van der Waals surface area contributed by atoms with E-state index in [1.54, 1.807) is 47.4 Å². The van der Waals surface area contributed by atoms with E-state index in [0.717, 1.165) is 66.0 Å². The Morgan fingerprint density at radius 3 is 2.42 bits per heavy atom. The number of amides is 5. The minimum atomic E-state index is -1.44. The van der Waals surface area contributed by atoms with Crippen molar-refractivity contribution in [3.8, 4) is 0 Å². The monoisotopic (exact) mass is 842 g/mol. The smallest absolute Gasteiger partial charge is 0.262 e. The Hall–Kier alpha value is -6.27. The summed E-state index contributed by atoms with van der Waals surface area (Å²) in [6.45, 7) is 6.15. The van der Waals surface area contributed by atoms with Gasteiger partial charge in [-0.2, -0.15) is 10.2 Å². The molecule has 62 heavy (non-hydrogen) atoms. The van der Waals surface area contributed by atoms with Crippen LogP contribution < -0.4 is 20.4 Å². The standard InChI is InChI=1S/C44H47FN12O5/c45-44(25-54(26-44)30-3-4-31-32(20-30)43(62)57(42(31)61)36-5-6-38(58)49-41(36)60)24-51-15-7-29(8-16-51)56-23-27-19-35(48-40(59)33-22-47-55-14-1-11-46-39(33)55)37(21-34(27)50-56)53-17-9-28(10-18-53)52-12-2-13-52/h1,3-4,11,14,19-23,28-29,36H,2,5-10,12-13,15-18,24-26H2,(H,48,59)(H,49,58,60). The molecule has 11 rings (SSSR count). The summed E-state index contributed by atoms with van der Waals surface area (Å²) in [6, 6.07) is 10.5. The summed E-state index contributed by atoms with van der Waals surface area (Å²) in [5.74, 6) is -2.50. The first-order valence-electron chi connectivity index (χ1n) is 21.7. The molecule has 0 bridgehead atoms. The van der Waals surface area contributed by atoms with Crippen molar-refractivity contribution >= 4 is 63.1 Å². The summed E-state index contributed by atoms with van der Waals surface area (Å²) >= 11 is 0. The number of imide groups is 2. The van der Waals surface area contributed by atoms with Crippen LogP contribution in [0.25, 0.3) is 16.6 Å². The molecular weight excluding hydrogens is 796 g/mol. The molecule has 6 aliphatic rings. The highest BCUT2D eigenvalue weighted by molar-refractivity contribution is 6.23. The van der Waals surface area contributed by atoms with Crippen molar-refractivity contribution in [1.29, 1.82) is 0 Å². The Kier molecular flexibility index (Phi) is 9.33. The summed E-state index contributed by atoms with van der Waals surface area (Å²) in [4.78, 5) is 78.7. The predicted octanol–water partition coefficient (Wildman–Crippen LogP) is 3.27. The highest BCUT2D eigenvalue weighted by Gasteiger charge is 2.48. The molecule has 320 valence electrons. The number of halogens is 1. The van der Waals surface area contributed by atoms with Gasteiger partial charge < -0.3 is 20.0 Å². The number of hydrogen-bond acceptors (Lipinski definition) is 12. The molecule has 6 aliphatic heterocycles. The third-order valence-corrected chi connectivity index (χ3v) is 13.8. The van der Waals surface area contributed by atoms with Crippen LogP contribution in [0.1, 0.15) is 82.1 Å². The Morgan fingerprint density at radius 2 is 1.66 bits per heavy atom. The molecule has 2 N–H and O–H groups in total. The van der Waals surface area contributed by atoms with Crippen LogP contribution in [0, 0.1) is 0 Å². The van der Waals surface area contributed by atoms with Crippen LogP contribution in [-0.4, -0.2) is 145 Å². The number of likely N-dealkylation sites (tertiary alicyclic amines) is 2. The van der Waals surface area contributed by atoms with Gasteiger partial charge >= 0.3 is 0 Å². The second-order valence-electron chi connectivity index (χ2n) is 17.7. The van der Waals surface area contributed by atoms with Gasteiger partial charge in [0.15, 0.2) is 11.3 Å². The molecule has 3 aromatic heterocycles. The van der Waals surface area contributed by atoms with Crippen LogP contribution in [0.5, 0.6) is 0 Å². The number of carbonyl (C=O) groups is 5. The Balaban J connectivity index is 0.743. The lowest BCUT2D eigenvalue weighted by molar-refractivity contribution is -0.136. The summed E-state index contributed by atoms with van der Waals surface area (Å²) in [5.41, 5.74) is 3.02. The SMILES string of the molecule is O=C1CCC(N2C(=O)c3ccc(N4CC(F)(CN5CCC(n6cc7cc(NC(=O)c8cnn9cccnc89)c(N8CCC(N9CCC9)CC8)cc7n6)CC5)C4)cc3C2=O)C(=O)N1. The number of anilines is 3. The average molecular weight is 843 g/mol. The maximum Gasteiger partial charge on any atom is 0.262 e. The van der Waals surface area contributed by atoms with Gasteiger partial charge in [-0.05, 0) is 88.0 Å². The lowest BCUT2D eigenvalue weighted by Gasteiger charge is -2.48. The first kappa shape index (κ1) is 38.6. The normalized spacial score (nSPS) is 22.6. The van der Waals surface area contributed by atoms with Gasteiger partial charge in [0, 0.05) is 74.9 Å². The third kappa shape index (κ3) is 6.75. The molecule has 5 saturated heterocycles. The van der Waals surface area contributed by atoms with Crippen LogP contribution >= 0.6 is 0 Å². The van der Waals surface area contributed by atoms with Crippen LogP contribution in [0.4, 0.5) is 21.5 Å². The molecule has 5 aromatic rings. The fourth-order valence-corrected chi connectivity index (χ4v) is 10.3. The number of alkyl halides is 1. The third-order valence-electron chi connectivity index (χ3n) is 13.8. The Labute approximate surface area is 355 Å². The van der Waals surface area contributed by atoms with Crippen LogP contribution in [0.2, 0.25) is 0 Å². The first-order chi connectivity index (χ1) is 30.1. The molecule has 5 fully saturated rings. The highest BCUT2D eigenvalue weighted by Crippen LogP contribution is 2.38. The van der Waals surface area contributed by atoms with Gasteiger partial charge in [-0.3, -0.25) is 43.8 Å². The molecule has 9 heterocycles. The number of hydrogen-bond donors (Lipinski definition) is 2. The molecule has 0 spiro atoms. The van der Waals surface area contributed by atoms with E-state index < -0.39 is 35.3 Å². The predicted molar refractivity (Wildman–Crippen MR) is 226 cm³/mol. The van der Waals surface area contributed by atoms with E-state index in [2.05, 4.69) is 47.7 Å². The number of rotatable bonds is 9. The first-order valence-corrected chi connectivity index (χ1v) is 21.7. The van der Waals surface area contributed by atoms with Crippen molar-refractivity contribution in [3.63, 3.8) is 0 Å². The zero-order valence-corrected chi connectivity index (χ0v) is 34.2. The molecule has 0 radical (unpaired) electrons. The molecule has 18 heteroatoms. The molecule has 17 nitrogen and oxygen atoms in total. The highest BCUT2D eigenvalue weighted by atomic mass is 19.1. The molecule has 0 aliphatic carbocycles. The average Bonchev–Trinajstić information content (AvgIpc) is 3.93. The minimum absolute atomic E-state index is 0.0484. The van der Waals surface area contributed by atoms with Gasteiger partial charge in [0.1, 0.15) is 11.6 Å².